The molecule has 1 amide bonds. The number of amides is 1. The van der Waals surface area contributed by atoms with E-state index < -0.39 is 0 Å². The van der Waals surface area contributed by atoms with Crippen molar-refractivity contribution in [3.8, 4) is 0 Å². The quantitative estimate of drug-likeness (QED) is 0.908. The average molecular weight is 274 g/mol. The van der Waals surface area contributed by atoms with Gasteiger partial charge in [0.1, 0.15) is 0 Å². The third-order valence-electron chi connectivity index (χ3n) is 4.49. The van der Waals surface area contributed by atoms with E-state index in [9.17, 15) is 9.90 Å². The van der Waals surface area contributed by atoms with Crippen molar-refractivity contribution >= 4 is 11.6 Å². The van der Waals surface area contributed by atoms with Crippen molar-refractivity contribution in [3.05, 3.63) is 30.3 Å². The Hall–Kier alpha value is -1.39. The van der Waals surface area contributed by atoms with E-state index in [1.165, 1.54) is 0 Å². The number of likely N-dealkylation sites (tertiary alicyclic amines) is 1. The molecule has 2 heterocycles. The summed E-state index contributed by atoms with van der Waals surface area (Å²) >= 11 is 0. The fourth-order valence-corrected chi connectivity index (χ4v) is 3.40. The Labute approximate surface area is 120 Å². The van der Waals surface area contributed by atoms with E-state index in [1.807, 2.05) is 35.2 Å². The van der Waals surface area contributed by atoms with E-state index in [2.05, 4.69) is 4.90 Å². The minimum atomic E-state index is 0.00422. The van der Waals surface area contributed by atoms with Gasteiger partial charge in [-0.15, -0.1) is 0 Å². The fraction of sp³-hybridized carbons (Fsp3) is 0.562. The first-order valence-electron chi connectivity index (χ1n) is 7.51. The minimum absolute atomic E-state index is 0.00422. The summed E-state index contributed by atoms with van der Waals surface area (Å²) in [6.07, 6.45) is 3.06. The number of carbonyl (C=O) groups is 1. The van der Waals surface area contributed by atoms with Crippen molar-refractivity contribution in [2.75, 3.05) is 31.1 Å². The van der Waals surface area contributed by atoms with E-state index in [-0.39, 0.29) is 18.6 Å². The second-order valence-electron chi connectivity index (χ2n) is 5.82. The van der Waals surface area contributed by atoms with Gasteiger partial charge in [-0.1, -0.05) is 18.2 Å². The number of hydrogen-bond donors (Lipinski definition) is 1. The maximum Gasteiger partial charge on any atom is 0.244 e. The third-order valence-corrected chi connectivity index (χ3v) is 4.49. The predicted molar refractivity (Wildman–Crippen MR) is 78.6 cm³/mol. The smallest absolute Gasteiger partial charge is 0.244 e. The predicted octanol–water partition coefficient (Wildman–Crippen LogP) is 1.50. The maximum absolute atomic E-state index is 12.6. The maximum atomic E-state index is 12.6. The number of hydrogen-bond acceptors (Lipinski definition) is 3. The van der Waals surface area contributed by atoms with E-state index in [0.717, 1.165) is 44.6 Å². The van der Waals surface area contributed by atoms with Gasteiger partial charge in [0.15, 0.2) is 0 Å². The Morgan fingerprint density at radius 1 is 1.15 bits per heavy atom. The summed E-state index contributed by atoms with van der Waals surface area (Å²) in [6.45, 7) is 2.87. The molecule has 108 valence electrons. The second-order valence-corrected chi connectivity index (χ2v) is 5.82. The van der Waals surface area contributed by atoms with Gasteiger partial charge in [-0.2, -0.15) is 0 Å². The van der Waals surface area contributed by atoms with Gasteiger partial charge in [-0.25, -0.2) is 0 Å². The Morgan fingerprint density at radius 2 is 1.95 bits per heavy atom. The normalized spacial score (nSPS) is 28.1. The molecular weight excluding hydrogens is 252 g/mol. The third kappa shape index (κ3) is 2.58. The van der Waals surface area contributed by atoms with Gasteiger partial charge in [0.2, 0.25) is 5.91 Å². The standard InChI is InChI=1S/C16H22N2O2/c19-12-13-5-4-9-17(11-13)15-8-10-18(16(15)20)14-6-2-1-3-7-14/h1-3,6-7,13,15,19H,4-5,8-12H2. The summed E-state index contributed by atoms with van der Waals surface area (Å²) in [5, 5.41) is 9.33. The number of piperidine rings is 1. The van der Waals surface area contributed by atoms with Gasteiger partial charge in [0.05, 0.1) is 6.04 Å². The molecule has 1 aromatic rings. The zero-order valence-electron chi connectivity index (χ0n) is 11.7. The van der Waals surface area contributed by atoms with Crippen LogP contribution in [0.25, 0.3) is 0 Å². The molecule has 2 unspecified atom stereocenters. The summed E-state index contributed by atoms with van der Waals surface area (Å²) in [5.74, 6) is 0.553. The topological polar surface area (TPSA) is 43.8 Å². The minimum Gasteiger partial charge on any atom is -0.396 e. The molecule has 2 aliphatic heterocycles. The number of nitrogens with zero attached hydrogens (tertiary/aromatic N) is 2. The van der Waals surface area contributed by atoms with Crippen molar-refractivity contribution in [1.82, 2.24) is 4.90 Å². The van der Waals surface area contributed by atoms with Crippen molar-refractivity contribution in [2.45, 2.75) is 25.3 Å². The van der Waals surface area contributed by atoms with Gasteiger partial charge in [-0.05, 0) is 43.9 Å². The van der Waals surface area contributed by atoms with Gasteiger partial charge in [0.25, 0.3) is 0 Å². The molecule has 0 spiro atoms. The first-order valence-corrected chi connectivity index (χ1v) is 7.51. The zero-order valence-corrected chi connectivity index (χ0v) is 11.7. The zero-order chi connectivity index (χ0) is 13.9. The molecule has 4 nitrogen and oxygen atoms in total. The van der Waals surface area contributed by atoms with Crippen LogP contribution in [0.4, 0.5) is 5.69 Å². The van der Waals surface area contributed by atoms with E-state index >= 15 is 0 Å². The highest BCUT2D eigenvalue weighted by atomic mass is 16.3. The Kier molecular flexibility index (Phi) is 4.03. The number of aliphatic hydroxyl groups excluding tert-OH is 1. The van der Waals surface area contributed by atoms with Crippen LogP contribution in [0.2, 0.25) is 0 Å². The summed E-state index contributed by atoms with van der Waals surface area (Å²) in [5.41, 5.74) is 0.996. The Bertz CT molecular complexity index is 463. The molecule has 0 radical (unpaired) electrons. The molecule has 1 N–H and O–H groups in total. The highest BCUT2D eigenvalue weighted by Gasteiger charge is 2.38. The molecule has 2 aliphatic rings. The number of benzene rings is 1. The van der Waals surface area contributed by atoms with Gasteiger partial charge in [0, 0.05) is 25.4 Å². The Balaban J connectivity index is 1.69. The summed E-state index contributed by atoms with van der Waals surface area (Å²) in [7, 11) is 0. The molecule has 0 bridgehead atoms. The lowest BCUT2D eigenvalue weighted by Crippen LogP contribution is -2.47. The number of para-hydroxylation sites is 1. The molecule has 1 aromatic carbocycles. The van der Waals surface area contributed by atoms with E-state index in [0.29, 0.717) is 5.92 Å². The van der Waals surface area contributed by atoms with Crippen LogP contribution in [0.5, 0.6) is 0 Å². The molecule has 2 fully saturated rings. The van der Waals surface area contributed by atoms with Crippen molar-refractivity contribution in [2.24, 2.45) is 5.92 Å². The van der Waals surface area contributed by atoms with Crippen LogP contribution < -0.4 is 4.90 Å². The lowest BCUT2D eigenvalue weighted by atomic mass is 9.97. The molecular formula is C16H22N2O2. The second kappa shape index (κ2) is 5.94. The van der Waals surface area contributed by atoms with Crippen LogP contribution >= 0.6 is 0 Å². The van der Waals surface area contributed by atoms with Crippen LogP contribution in [0.15, 0.2) is 30.3 Å². The van der Waals surface area contributed by atoms with Gasteiger partial charge < -0.3 is 10.0 Å². The first-order chi connectivity index (χ1) is 9.79. The molecule has 2 saturated heterocycles. The first kappa shape index (κ1) is 13.6. The number of aliphatic hydroxyl groups is 1. The van der Waals surface area contributed by atoms with E-state index in [1.54, 1.807) is 0 Å². The van der Waals surface area contributed by atoms with Crippen molar-refractivity contribution in [3.63, 3.8) is 0 Å². The highest BCUT2D eigenvalue weighted by molar-refractivity contribution is 5.99. The molecule has 20 heavy (non-hydrogen) atoms. The van der Waals surface area contributed by atoms with Crippen LogP contribution in [-0.2, 0) is 4.79 Å². The van der Waals surface area contributed by atoms with Gasteiger partial charge in [-0.3, -0.25) is 9.69 Å². The number of anilines is 1. The molecule has 0 aliphatic carbocycles. The van der Waals surface area contributed by atoms with Gasteiger partial charge >= 0.3 is 0 Å². The van der Waals surface area contributed by atoms with Crippen LogP contribution in [0.1, 0.15) is 19.3 Å². The average Bonchev–Trinajstić information content (AvgIpc) is 2.90. The van der Waals surface area contributed by atoms with Crippen molar-refractivity contribution < 1.29 is 9.90 Å². The largest absolute Gasteiger partial charge is 0.396 e. The van der Waals surface area contributed by atoms with Crippen LogP contribution in [-0.4, -0.2) is 48.2 Å². The molecule has 4 heteroatoms. The van der Waals surface area contributed by atoms with Crippen LogP contribution in [0, 0.1) is 5.92 Å². The SMILES string of the molecule is O=C1C(N2CCCC(CO)C2)CCN1c1ccccc1. The summed E-state index contributed by atoms with van der Waals surface area (Å²) in [4.78, 5) is 16.8. The number of carbonyl (C=O) groups excluding carboxylic acids is 1. The summed E-state index contributed by atoms with van der Waals surface area (Å²) in [6, 6.07) is 9.90. The summed E-state index contributed by atoms with van der Waals surface area (Å²) < 4.78 is 0. The lowest BCUT2D eigenvalue weighted by molar-refractivity contribution is -0.122. The lowest BCUT2D eigenvalue weighted by Gasteiger charge is -2.35. The molecule has 0 saturated carbocycles. The molecule has 3 rings (SSSR count). The van der Waals surface area contributed by atoms with E-state index in [4.69, 9.17) is 0 Å². The molecule has 2 atom stereocenters. The Morgan fingerprint density at radius 3 is 2.70 bits per heavy atom. The van der Waals surface area contributed by atoms with Crippen molar-refractivity contribution in [1.29, 1.82) is 0 Å². The van der Waals surface area contributed by atoms with Crippen LogP contribution in [0.3, 0.4) is 0 Å². The number of rotatable bonds is 3. The fourth-order valence-electron chi connectivity index (χ4n) is 3.40. The highest BCUT2D eigenvalue weighted by Crippen LogP contribution is 2.27. The molecule has 0 aromatic heterocycles. The monoisotopic (exact) mass is 274 g/mol.